The average molecular weight is 383 g/mol. The van der Waals surface area contributed by atoms with Gasteiger partial charge in [0.25, 0.3) is 5.91 Å². The number of aromatic nitrogens is 3. The Morgan fingerprint density at radius 3 is 2.69 bits per heavy atom. The Bertz CT molecular complexity index is 1070. The quantitative estimate of drug-likeness (QED) is 0.521. The number of benzene rings is 2. The molecular weight excluding hydrogens is 368 g/mol. The number of fused-ring (bicyclic) bond motifs is 1. The average Bonchev–Trinajstić information content (AvgIpc) is 3.27. The zero-order chi connectivity index (χ0) is 18.1. The molecule has 0 saturated heterocycles. The summed E-state index contributed by atoms with van der Waals surface area (Å²) in [5, 5.41) is 1.18. The molecule has 1 amide bonds. The molecular formula is C19H15ClN4OS. The van der Waals surface area contributed by atoms with Crippen LogP contribution in [0.1, 0.15) is 16.2 Å². The number of aryl methyl sites for hydroxylation is 1. The van der Waals surface area contributed by atoms with E-state index in [1.54, 1.807) is 35.0 Å². The van der Waals surface area contributed by atoms with E-state index < -0.39 is 0 Å². The highest BCUT2D eigenvalue weighted by Gasteiger charge is 2.25. The van der Waals surface area contributed by atoms with Crippen LogP contribution in [0.4, 0.5) is 5.13 Å². The summed E-state index contributed by atoms with van der Waals surface area (Å²) in [5.74, 6) is 0.169. The lowest BCUT2D eigenvalue weighted by molar-refractivity contribution is 0.0972. The first kappa shape index (κ1) is 16.8. The minimum absolute atomic E-state index is 0.198. The van der Waals surface area contributed by atoms with Gasteiger partial charge in [0.1, 0.15) is 5.52 Å². The molecule has 26 heavy (non-hydrogen) atoms. The first-order valence-corrected chi connectivity index (χ1v) is 9.21. The lowest BCUT2D eigenvalue weighted by Crippen LogP contribution is -2.32. The van der Waals surface area contributed by atoms with Crippen molar-refractivity contribution in [2.75, 3.05) is 4.90 Å². The maximum Gasteiger partial charge on any atom is 0.296 e. The number of hydrogen-bond donors (Lipinski definition) is 0. The Hall–Kier alpha value is -2.70. The molecule has 0 fully saturated rings. The second kappa shape index (κ2) is 6.90. The van der Waals surface area contributed by atoms with Crippen LogP contribution in [0.25, 0.3) is 10.2 Å². The number of imidazole rings is 1. The van der Waals surface area contributed by atoms with Crippen LogP contribution < -0.4 is 4.90 Å². The van der Waals surface area contributed by atoms with Crippen molar-refractivity contribution >= 4 is 44.2 Å². The van der Waals surface area contributed by atoms with Gasteiger partial charge >= 0.3 is 0 Å². The number of nitrogens with zero attached hydrogens (tertiary/aromatic N) is 4. The lowest BCUT2D eigenvalue weighted by Gasteiger charge is -2.19. The number of para-hydroxylation sites is 1. The summed E-state index contributed by atoms with van der Waals surface area (Å²) in [6.07, 6.45) is 3.37. The molecule has 0 aliphatic carbocycles. The molecule has 130 valence electrons. The van der Waals surface area contributed by atoms with Gasteiger partial charge in [-0.05, 0) is 17.7 Å². The van der Waals surface area contributed by atoms with E-state index in [1.807, 2.05) is 42.5 Å². The summed E-state index contributed by atoms with van der Waals surface area (Å²) in [4.78, 5) is 23.6. The largest absolute Gasteiger partial charge is 0.330 e. The van der Waals surface area contributed by atoms with E-state index in [1.165, 1.54) is 11.3 Å². The number of thiazole rings is 1. The smallest absolute Gasteiger partial charge is 0.296 e. The predicted molar refractivity (Wildman–Crippen MR) is 105 cm³/mol. The number of hydrogen-bond acceptors (Lipinski definition) is 4. The minimum atomic E-state index is -0.198. The molecule has 4 aromatic rings. The summed E-state index contributed by atoms with van der Waals surface area (Å²) < 4.78 is 2.65. The van der Waals surface area contributed by atoms with Gasteiger partial charge in [0.2, 0.25) is 0 Å². The fraction of sp³-hybridized carbons (Fsp3) is 0.105. The molecule has 7 heteroatoms. The third-order valence-corrected chi connectivity index (χ3v) is 5.38. The van der Waals surface area contributed by atoms with Gasteiger partial charge in [-0.3, -0.25) is 9.69 Å². The summed E-state index contributed by atoms with van der Waals surface area (Å²) in [6.45, 7) is 0.407. The molecule has 2 aromatic heterocycles. The van der Waals surface area contributed by atoms with E-state index in [9.17, 15) is 4.79 Å². The molecule has 0 aliphatic heterocycles. The first-order valence-electron chi connectivity index (χ1n) is 8.01. The monoisotopic (exact) mass is 382 g/mol. The summed E-state index contributed by atoms with van der Waals surface area (Å²) >= 11 is 7.71. The summed E-state index contributed by atoms with van der Waals surface area (Å²) in [7, 11) is 1.80. The number of rotatable bonds is 4. The van der Waals surface area contributed by atoms with Crippen molar-refractivity contribution in [1.82, 2.24) is 14.5 Å². The topological polar surface area (TPSA) is 51.0 Å². The predicted octanol–water partition coefficient (Wildman–Crippen LogP) is 4.53. The Morgan fingerprint density at radius 1 is 1.19 bits per heavy atom. The number of carbonyl (C=O) groups excluding carboxylic acids is 1. The van der Waals surface area contributed by atoms with Crippen LogP contribution >= 0.6 is 22.9 Å². The molecule has 5 nitrogen and oxygen atoms in total. The highest BCUT2D eigenvalue weighted by molar-refractivity contribution is 7.22. The zero-order valence-corrected chi connectivity index (χ0v) is 15.5. The molecule has 0 atom stereocenters. The molecule has 0 N–H and O–H groups in total. The van der Waals surface area contributed by atoms with Crippen LogP contribution in [-0.4, -0.2) is 20.4 Å². The lowest BCUT2D eigenvalue weighted by atomic mass is 10.2. The Kier molecular flexibility index (Phi) is 4.44. The fourth-order valence-electron chi connectivity index (χ4n) is 2.70. The highest BCUT2D eigenvalue weighted by atomic mass is 35.5. The van der Waals surface area contributed by atoms with Crippen molar-refractivity contribution in [2.45, 2.75) is 6.54 Å². The molecule has 4 rings (SSSR count). The van der Waals surface area contributed by atoms with E-state index >= 15 is 0 Å². The van der Waals surface area contributed by atoms with Crippen LogP contribution in [-0.2, 0) is 13.6 Å². The standard InChI is InChI=1S/C19H15ClN4OS/c1-23-11-10-21-17(23)18(25)24(12-13-6-3-2-4-7-13)19-22-16-14(20)8-5-9-15(16)26-19/h2-11H,12H2,1H3. The molecule has 0 saturated carbocycles. The summed E-state index contributed by atoms with van der Waals surface area (Å²) in [6, 6.07) is 15.5. The van der Waals surface area contributed by atoms with E-state index in [4.69, 9.17) is 11.6 Å². The molecule has 0 aliphatic rings. The van der Waals surface area contributed by atoms with Gasteiger partial charge in [-0.2, -0.15) is 0 Å². The van der Waals surface area contributed by atoms with Crippen molar-refractivity contribution in [2.24, 2.45) is 7.05 Å². The van der Waals surface area contributed by atoms with Crippen molar-refractivity contribution < 1.29 is 4.79 Å². The Labute approximate surface area is 159 Å². The van der Waals surface area contributed by atoms with Crippen LogP contribution in [0, 0.1) is 0 Å². The molecule has 0 unspecified atom stereocenters. The number of amides is 1. The molecule has 0 radical (unpaired) electrons. The molecule has 0 spiro atoms. The third-order valence-electron chi connectivity index (χ3n) is 4.03. The van der Waals surface area contributed by atoms with Crippen LogP contribution in [0.15, 0.2) is 60.9 Å². The van der Waals surface area contributed by atoms with Gasteiger partial charge in [-0.25, -0.2) is 9.97 Å². The van der Waals surface area contributed by atoms with Crippen LogP contribution in [0.2, 0.25) is 5.02 Å². The number of halogens is 1. The van der Waals surface area contributed by atoms with E-state index in [0.717, 1.165) is 10.3 Å². The second-order valence-corrected chi connectivity index (χ2v) is 7.24. The van der Waals surface area contributed by atoms with Crippen molar-refractivity contribution in [1.29, 1.82) is 0 Å². The Morgan fingerprint density at radius 2 is 2.00 bits per heavy atom. The van der Waals surface area contributed by atoms with Crippen molar-refractivity contribution in [3.63, 3.8) is 0 Å². The maximum atomic E-state index is 13.2. The molecule has 0 bridgehead atoms. The van der Waals surface area contributed by atoms with Gasteiger partial charge in [0.05, 0.1) is 16.3 Å². The number of carbonyl (C=O) groups is 1. The van der Waals surface area contributed by atoms with Crippen LogP contribution in [0.5, 0.6) is 0 Å². The normalized spacial score (nSPS) is 11.0. The van der Waals surface area contributed by atoms with E-state index in [-0.39, 0.29) is 5.91 Å². The minimum Gasteiger partial charge on any atom is -0.330 e. The molecule has 2 aromatic carbocycles. The molecule has 2 heterocycles. The van der Waals surface area contributed by atoms with Gasteiger partial charge in [-0.15, -0.1) is 0 Å². The van der Waals surface area contributed by atoms with Crippen molar-refractivity contribution in [3.05, 3.63) is 77.3 Å². The fourth-order valence-corrected chi connectivity index (χ4v) is 3.97. The Balaban J connectivity index is 1.80. The van der Waals surface area contributed by atoms with Gasteiger partial charge < -0.3 is 4.57 Å². The van der Waals surface area contributed by atoms with Crippen molar-refractivity contribution in [3.8, 4) is 0 Å². The van der Waals surface area contributed by atoms with Crippen LogP contribution in [0.3, 0.4) is 0 Å². The first-order chi connectivity index (χ1) is 12.6. The van der Waals surface area contributed by atoms with Gasteiger partial charge in [-0.1, -0.05) is 59.3 Å². The highest BCUT2D eigenvalue weighted by Crippen LogP contribution is 2.34. The zero-order valence-electron chi connectivity index (χ0n) is 14.0. The SMILES string of the molecule is Cn1ccnc1C(=O)N(Cc1ccccc1)c1nc2c(Cl)cccc2s1. The van der Waals surface area contributed by atoms with E-state index in [2.05, 4.69) is 9.97 Å². The number of anilines is 1. The second-order valence-electron chi connectivity index (χ2n) is 5.82. The third kappa shape index (κ3) is 3.09. The van der Waals surface area contributed by atoms with Gasteiger partial charge in [0, 0.05) is 19.4 Å². The summed E-state index contributed by atoms with van der Waals surface area (Å²) in [5.41, 5.74) is 1.72. The maximum absolute atomic E-state index is 13.2. The van der Waals surface area contributed by atoms with Gasteiger partial charge in [0.15, 0.2) is 11.0 Å². The van der Waals surface area contributed by atoms with E-state index in [0.29, 0.717) is 28.0 Å².